The number of nitrogens with two attached hydrogens (primary N) is 1. The van der Waals surface area contributed by atoms with Crippen LogP contribution in [0.1, 0.15) is 38.5 Å². The molecule has 22 heavy (non-hydrogen) atoms. The molecule has 3 fully saturated rings. The molecule has 6 heteroatoms. The van der Waals surface area contributed by atoms with E-state index in [4.69, 9.17) is 10.5 Å². The summed E-state index contributed by atoms with van der Waals surface area (Å²) in [5.74, 6) is 0.170. The maximum Gasteiger partial charge on any atom is 0.242 e. The van der Waals surface area contributed by atoms with E-state index in [1.807, 2.05) is 9.80 Å². The van der Waals surface area contributed by atoms with Crippen molar-refractivity contribution in [3.63, 3.8) is 0 Å². The van der Waals surface area contributed by atoms with Gasteiger partial charge in [0.15, 0.2) is 0 Å². The third-order valence-electron chi connectivity index (χ3n) is 5.30. The van der Waals surface area contributed by atoms with Crippen molar-refractivity contribution in [3.05, 3.63) is 0 Å². The summed E-state index contributed by atoms with van der Waals surface area (Å²) in [5, 5.41) is 0. The molecule has 0 aromatic rings. The van der Waals surface area contributed by atoms with Gasteiger partial charge in [-0.2, -0.15) is 0 Å². The lowest BCUT2D eigenvalue weighted by atomic mass is 9.92. The minimum absolute atomic E-state index is 0.0597. The van der Waals surface area contributed by atoms with Crippen LogP contribution in [-0.4, -0.2) is 66.5 Å². The molecule has 2 aliphatic heterocycles. The Kier molecular flexibility index (Phi) is 4.68. The number of carbonyl (C=O) groups is 2. The van der Waals surface area contributed by atoms with Crippen molar-refractivity contribution in [2.45, 2.75) is 44.1 Å². The largest absolute Gasteiger partial charge is 0.378 e. The van der Waals surface area contributed by atoms with E-state index in [9.17, 15) is 9.59 Å². The van der Waals surface area contributed by atoms with Gasteiger partial charge in [-0.3, -0.25) is 9.59 Å². The van der Waals surface area contributed by atoms with Crippen molar-refractivity contribution in [2.75, 3.05) is 39.4 Å². The first-order valence-corrected chi connectivity index (χ1v) is 8.55. The molecule has 0 aromatic carbocycles. The van der Waals surface area contributed by atoms with Crippen LogP contribution in [0.5, 0.6) is 0 Å². The van der Waals surface area contributed by atoms with Gasteiger partial charge in [0.25, 0.3) is 0 Å². The van der Waals surface area contributed by atoms with Crippen LogP contribution >= 0.6 is 0 Å². The van der Waals surface area contributed by atoms with E-state index in [0.717, 1.165) is 45.1 Å². The second-order valence-corrected chi connectivity index (χ2v) is 6.89. The Morgan fingerprint density at radius 3 is 2.36 bits per heavy atom. The Labute approximate surface area is 131 Å². The second-order valence-electron chi connectivity index (χ2n) is 6.89. The predicted molar refractivity (Wildman–Crippen MR) is 82.1 cm³/mol. The molecule has 3 aliphatic rings. The zero-order chi connectivity index (χ0) is 15.6. The molecular formula is C16H27N3O3. The Morgan fingerprint density at radius 1 is 1.00 bits per heavy atom. The molecule has 2 amide bonds. The normalized spacial score (nSPS) is 28.7. The zero-order valence-corrected chi connectivity index (χ0v) is 13.3. The molecule has 2 heterocycles. The number of hydrogen-bond donors (Lipinski definition) is 1. The molecule has 1 saturated carbocycles. The standard InChI is InChI=1S/C16H27N3O3/c17-16(5-1-2-6-16)15(21)19-7-3-4-13(12-19)14(20)18-8-10-22-11-9-18/h13H,1-12,17H2. The summed E-state index contributed by atoms with van der Waals surface area (Å²) in [6.45, 7) is 3.85. The number of morpholine rings is 1. The topological polar surface area (TPSA) is 75.9 Å². The third-order valence-corrected chi connectivity index (χ3v) is 5.30. The number of rotatable bonds is 2. The van der Waals surface area contributed by atoms with Gasteiger partial charge in [0.05, 0.1) is 24.7 Å². The van der Waals surface area contributed by atoms with Crippen LogP contribution in [0.3, 0.4) is 0 Å². The van der Waals surface area contributed by atoms with Gasteiger partial charge < -0.3 is 20.3 Å². The van der Waals surface area contributed by atoms with Crippen LogP contribution in [0.2, 0.25) is 0 Å². The smallest absolute Gasteiger partial charge is 0.242 e. The highest BCUT2D eigenvalue weighted by molar-refractivity contribution is 5.87. The Bertz CT molecular complexity index is 428. The monoisotopic (exact) mass is 309 g/mol. The number of hydrogen-bond acceptors (Lipinski definition) is 4. The second kappa shape index (κ2) is 6.54. The van der Waals surface area contributed by atoms with Gasteiger partial charge in [0.1, 0.15) is 0 Å². The highest BCUT2D eigenvalue weighted by Gasteiger charge is 2.42. The van der Waals surface area contributed by atoms with Gasteiger partial charge in [-0.25, -0.2) is 0 Å². The van der Waals surface area contributed by atoms with Gasteiger partial charge in [-0.05, 0) is 25.7 Å². The van der Waals surface area contributed by atoms with Crippen LogP contribution in [0.15, 0.2) is 0 Å². The summed E-state index contributed by atoms with van der Waals surface area (Å²) in [6, 6.07) is 0. The van der Waals surface area contributed by atoms with Crippen LogP contribution < -0.4 is 5.73 Å². The van der Waals surface area contributed by atoms with E-state index in [1.165, 1.54) is 0 Å². The van der Waals surface area contributed by atoms with Crippen molar-refractivity contribution < 1.29 is 14.3 Å². The Morgan fingerprint density at radius 2 is 1.68 bits per heavy atom. The van der Waals surface area contributed by atoms with Crippen molar-refractivity contribution in [1.29, 1.82) is 0 Å². The number of ether oxygens (including phenoxy) is 1. The summed E-state index contributed by atoms with van der Waals surface area (Å²) in [5.41, 5.74) is 5.62. The van der Waals surface area contributed by atoms with Crippen molar-refractivity contribution in [2.24, 2.45) is 11.7 Å². The fourth-order valence-electron chi connectivity index (χ4n) is 3.94. The highest BCUT2D eigenvalue weighted by atomic mass is 16.5. The van der Waals surface area contributed by atoms with Gasteiger partial charge in [-0.15, -0.1) is 0 Å². The quantitative estimate of drug-likeness (QED) is 0.799. The molecule has 0 bridgehead atoms. The van der Waals surface area contributed by atoms with E-state index in [1.54, 1.807) is 0 Å². The predicted octanol–water partition coefficient (Wildman–Crippen LogP) is 0.355. The summed E-state index contributed by atoms with van der Waals surface area (Å²) in [6.07, 6.45) is 5.40. The molecule has 0 spiro atoms. The van der Waals surface area contributed by atoms with E-state index in [2.05, 4.69) is 0 Å². The van der Waals surface area contributed by atoms with E-state index >= 15 is 0 Å². The van der Waals surface area contributed by atoms with E-state index in [0.29, 0.717) is 32.8 Å². The highest BCUT2D eigenvalue weighted by Crippen LogP contribution is 2.31. The lowest BCUT2D eigenvalue weighted by molar-refractivity contribution is -0.145. The SMILES string of the molecule is NC1(C(=O)N2CCCC(C(=O)N3CCOCC3)C2)CCCC1. The lowest BCUT2D eigenvalue weighted by Gasteiger charge is -2.39. The van der Waals surface area contributed by atoms with Crippen LogP contribution in [-0.2, 0) is 14.3 Å². The van der Waals surface area contributed by atoms with Crippen LogP contribution in [0, 0.1) is 5.92 Å². The van der Waals surface area contributed by atoms with Gasteiger partial charge in [0.2, 0.25) is 11.8 Å². The summed E-state index contributed by atoms with van der Waals surface area (Å²) < 4.78 is 5.30. The fourth-order valence-corrected chi connectivity index (χ4v) is 3.94. The first-order valence-electron chi connectivity index (χ1n) is 8.55. The Hall–Kier alpha value is -1.14. The van der Waals surface area contributed by atoms with Crippen LogP contribution in [0.25, 0.3) is 0 Å². The zero-order valence-electron chi connectivity index (χ0n) is 13.3. The molecule has 2 N–H and O–H groups in total. The molecule has 1 aliphatic carbocycles. The van der Waals surface area contributed by atoms with E-state index < -0.39 is 5.54 Å². The number of carbonyl (C=O) groups excluding carboxylic acids is 2. The average molecular weight is 309 g/mol. The molecule has 2 saturated heterocycles. The van der Waals surface area contributed by atoms with Crippen molar-refractivity contribution >= 4 is 11.8 Å². The molecule has 3 rings (SSSR count). The van der Waals surface area contributed by atoms with Crippen molar-refractivity contribution in [3.8, 4) is 0 Å². The summed E-state index contributed by atoms with van der Waals surface area (Å²) in [7, 11) is 0. The maximum absolute atomic E-state index is 12.7. The number of likely N-dealkylation sites (tertiary alicyclic amines) is 1. The summed E-state index contributed by atoms with van der Waals surface area (Å²) in [4.78, 5) is 29.1. The molecule has 6 nitrogen and oxygen atoms in total. The molecule has 1 atom stereocenters. The number of amides is 2. The van der Waals surface area contributed by atoms with Crippen molar-refractivity contribution in [1.82, 2.24) is 9.80 Å². The van der Waals surface area contributed by atoms with Gasteiger partial charge in [0, 0.05) is 26.2 Å². The molecular weight excluding hydrogens is 282 g/mol. The first-order chi connectivity index (χ1) is 10.6. The Balaban J connectivity index is 1.61. The number of nitrogens with zero attached hydrogens (tertiary/aromatic N) is 2. The molecule has 0 radical (unpaired) electrons. The minimum atomic E-state index is -0.677. The van der Waals surface area contributed by atoms with E-state index in [-0.39, 0.29) is 17.7 Å². The fraction of sp³-hybridized carbons (Fsp3) is 0.875. The lowest BCUT2D eigenvalue weighted by Crippen LogP contribution is -2.57. The molecule has 1 unspecified atom stereocenters. The number of piperidine rings is 1. The maximum atomic E-state index is 12.7. The van der Waals surface area contributed by atoms with Crippen LogP contribution in [0.4, 0.5) is 0 Å². The third kappa shape index (κ3) is 3.13. The first kappa shape index (κ1) is 15.7. The molecule has 124 valence electrons. The van der Waals surface area contributed by atoms with Gasteiger partial charge >= 0.3 is 0 Å². The average Bonchev–Trinajstić information content (AvgIpc) is 3.02. The van der Waals surface area contributed by atoms with Gasteiger partial charge in [-0.1, -0.05) is 12.8 Å². The molecule has 0 aromatic heterocycles. The summed E-state index contributed by atoms with van der Waals surface area (Å²) >= 11 is 0. The minimum Gasteiger partial charge on any atom is -0.378 e.